The number of likely N-dealkylation sites (N-methyl/N-ethyl adjacent to an activating group) is 1. The van der Waals surface area contributed by atoms with E-state index in [0.717, 1.165) is 24.8 Å². The third-order valence-corrected chi connectivity index (χ3v) is 5.08. The monoisotopic (exact) mass is 342 g/mol. The van der Waals surface area contributed by atoms with Crippen molar-refractivity contribution in [2.75, 3.05) is 26.2 Å². The minimum absolute atomic E-state index is 0.0114. The fourth-order valence-electron chi connectivity index (χ4n) is 3.57. The van der Waals surface area contributed by atoms with Crippen molar-refractivity contribution >= 4 is 22.8 Å². The second-order valence-corrected chi connectivity index (χ2v) is 6.82. The number of amides is 2. The molecule has 0 spiro atoms. The summed E-state index contributed by atoms with van der Waals surface area (Å²) in [5.41, 5.74) is 1.91. The predicted molar refractivity (Wildman–Crippen MR) is 93.6 cm³/mol. The van der Waals surface area contributed by atoms with E-state index in [1.165, 1.54) is 0 Å². The summed E-state index contributed by atoms with van der Waals surface area (Å²) in [4.78, 5) is 43.4. The average molecular weight is 342 g/mol. The molecule has 25 heavy (non-hydrogen) atoms. The lowest BCUT2D eigenvalue weighted by Crippen LogP contribution is -2.39. The lowest BCUT2D eigenvalue weighted by molar-refractivity contribution is -0.130. The van der Waals surface area contributed by atoms with Gasteiger partial charge in [0.05, 0.1) is 11.0 Å². The molecular weight excluding hydrogens is 320 g/mol. The summed E-state index contributed by atoms with van der Waals surface area (Å²) in [5.74, 6) is -0.170. The fourth-order valence-corrected chi connectivity index (χ4v) is 3.57. The number of rotatable bonds is 3. The molecule has 0 bridgehead atoms. The highest BCUT2D eigenvalue weighted by Gasteiger charge is 2.28. The van der Waals surface area contributed by atoms with Gasteiger partial charge < -0.3 is 14.8 Å². The van der Waals surface area contributed by atoms with Crippen molar-refractivity contribution in [2.45, 2.75) is 32.2 Å². The number of benzene rings is 1. The zero-order valence-corrected chi connectivity index (χ0v) is 14.3. The zero-order valence-electron chi connectivity index (χ0n) is 14.3. The van der Waals surface area contributed by atoms with Gasteiger partial charge >= 0.3 is 5.69 Å². The summed E-state index contributed by atoms with van der Waals surface area (Å²) in [5, 5.41) is 0. The first-order valence-corrected chi connectivity index (χ1v) is 8.90. The van der Waals surface area contributed by atoms with E-state index in [1.54, 1.807) is 26.5 Å². The molecule has 2 amide bonds. The van der Waals surface area contributed by atoms with Crippen molar-refractivity contribution in [3.8, 4) is 0 Å². The fraction of sp³-hybridized carbons (Fsp3) is 0.500. The van der Waals surface area contributed by atoms with E-state index < -0.39 is 0 Å². The minimum atomic E-state index is -0.159. The summed E-state index contributed by atoms with van der Waals surface area (Å²) in [7, 11) is 0. The molecule has 2 aromatic rings. The van der Waals surface area contributed by atoms with Crippen LogP contribution >= 0.6 is 0 Å². The molecule has 2 heterocycles. The van der Waals surface area contributed by atoms with Crippen molar-refractivity contribution in [1.29, 1.82) is 0 Å². The van der Waals surface area contributed by atoms with Gasteiger partial charge in [-0.25, -0.2) is 4.79 Å². The van der Waals surface area contributed by atoms with Crippen molar-refractivity contribution in [3.63, 3.8) is 0 Å². The van der Waals surface area contributed by atoms with Crippen LogP contribution in [0.5, 0.6) is 0 Å². The summed E-state index contributed by atoms with van der Waals surface area (Å²) in [6.45, 7) is 3.99. The largest absolute Gasteiger partial charge is 0.341 e. The summed E-state index contributed by atoms with van der Waals surface area (Å²) in [6.07, 6.45) is 2.83. The van der Waals surface area contributed by atoms with Crippen LogP contribution in [-0.2, 0) is 4.79 Å². The van der Waals surface area contributed by atoms with Gasteiger partial charge in [-0.2, -0.15) is 0 Å². The molecule has 0 unspecified atom stereocenters. The average Bonchev–Trinajstić information content (AvgIpc) is 3.39. The molecule has 2 fully saturated rings. The number of imidazole rings is 1. The van der Waals surface area contributed by atoms with Crippen LogP contribution in [0.3, 0.4) is 0 Å². The number of nitrogens with zero attached hydrogens (tertiary/aromatic N) is 3. The van der Waals surface area contributed by atoms with Gasteiger partial charge in [0, 0.05) is 31.2 Å². The van der Waals surface area contributed by atoms with Crippen LogP contribution in [0.15, 0.2) is 23.0 Å². The Morgan fingerprint density at radius 1 is 1.24 bits per heavy atom. The minimum Gasteiger partial charge on any atom is -0.341 e. The molecular formula is C18H22N4O3. The van der Waals surface area contributed by atoms with E-state index >= 15 is 0 Å². The van der Waals surface area contributed by atoms with Gasteiger partial charge in [0.15, 0.2) is 0 Å². The molecule has 1 aliphatic heterocycles. The lowest BCUT2D eigenvalue weighted by atomic mass is 10.1. The number of aromatic nitrogens is 2. The van der Waals surface area contributed by atoms with Crippen LogP contribution in [0.4, 0.5) is 0 Å². The first kappa shape index (κ1) is 15.9. The second-order valence-electron chi connectivity index (χ2n) is 6.82. The highest BCUT2D eigenvalue weighted by atomic mass is 16.2. The van der Waals surface area contributed by atoms with Crippen LogP contribution in [0.1, 0.15) is 42.6 Å². The number of nitrogens with one attached hydrogen (secondary N) is 1. The molecule has 7 nitrogen and oxygen atoms in total. The van der Waals surface area contributed by atoms with Crippen molar-refractivity contribution in [1.82, 2.24) is 19.4 Å². The van der Waals surface area contributed by atoms with Gasteiger partial charge in [-0.3, -0.25) is 14.2 Å². The molecule has 1 saturated heterocycles. The third-order valence-electron chi connectivity index (χ3n) is 5.08. The Hall–Kier alpha value is -2.57. The predicted octanol–water partition coefficient (Wildman–Crippen LogP) is 1.36. The molecule has 1 aliphatic carbocycles. The standard InChI is InChI=1S/C18H22N4O3/c1-2-20-8-3-9-21(11-16(20)23)17(24)12-4-7-15-14(10-12)19-18(25)22(15)13-5-6-13/h4,7,10,13H,2-3,5-6,8-9,11H2,1H3,(H,19,25). The second kappa shape index (κ2) is 6.06. The van der Waals surface area contributed by atoms with E-state index in [4.69, 9.17) is 0 Å². The van der Waals surface area contributed by atoms with Crippen LogP contribution in [-0.4, -0.2) is 57.3 Å². The Kier molecular flexibility index (Phi) is 3.86. The van der Waals surface area contributed by atoms with E-state index in [-0.39, 0.29) is 30.1 Å². The normalized spacial score (nSPS) is 18.7. The molecule has 1 aromatic carbocycles. The van der Waals surface area contributed by atoms with Gasteiger partial charge in [-0.05, 0) is 44.4 Å². The molecule has 1 N–H and O–H groups in total. The SMILES string of the molecule is CCN1CCCN(C(=O)c2ccc3c(c2)[nH]c(=O)n3C2CC2)CC1=O. The van der Waals surface area contributed by atoms with Gasteiger partial charge in [0.2, 0.25) is 5.91 Å². The van der Waals surface area contributed by atoms with Crippen molar-refractivity contribution < 1.29 is 9.59 Å². The molecule has 132 valence electrons. The number of hydrogen-bond donors (Lipinski definition) is 1. The lowest BCUT2D eigenvalue weighted by Gasteiger charge is -2.20. The van der Waals surface area contributed by atoms with Gasteiger partial charge in [0.1, 0.15) is 6.54 Å². The Morgan fingerprint density at radius 3 is 2.76 bits per heavy atom. The summed E-state index contributed by atoms with van der Waals surface area (Å²) in [6, 6.07) is 5.59. The maximum absolute atomic E-state index is 12.8. The Labute approximate surface area is 145 Å². The summed E-state index contributed by atoms with van der Waals surface area (Å²) >= 11 is 0. The molecule has 7 heteroatoms. The number of H-pyrrole nitrogens is 1. The highest BCUT2D eigenvalue weighted by Crippen LogP contribution is 2.35. The smallest absolute Gasteiger partial charge is 0.326 e. The van der Waals surface area contributed by atoms with E-state index in [9.17, 15) is 14.4 Å². The Morgan fingerprint density at radius 2 is 2.04 bits per heavy atom. The number of carbonyl (C=O) groups is 2. The number of aromatic amines is 1. The summed E-state index contributed by atoms with van der Waals surface area (Å²) < 4.78 is 1.78. The molecule has 1 saturated carbocycles. The number of fused-ring (bicyclic) bond motifs is 1. The van der Waals surface area contributed by atoms with E-state index in [2.05, 4.69) is 4.98 Å². The van der Waals surface area contributed by atoms with E-state index in [1.807, 2.05) is 13.0 Å². The number of hydrogen-bond acceptors (Lipinski definition) is 3. The Bertz CT molecular complexity index is 893. The molecule has 1 aromatic heterocycles. The number of carbonyl (C=O) groups excluding carboxylic acids is 2. The molecule has 0 radical (unpaired) electrons. The van der Waals surface area contributed by atoms with Crippen LogP contribution in [0, 0.1) is 0 Å². The highest BCUT2D eigenvalue weighted by molar-refractivity contribution is 5.99. The zero-order chi connectivity index (χ0) is 17.6. The van der Waals surface area contributed by atoms with Crippen LogP contribution < -0.4 is 5.69 Å². The van der Waals surface area contributed by atoms with Gasteiger partial charge in [0.25, 0.3) is 5.91 Å². The maximum Gasteiger partial charge on any atom is 0.326 e. The topological polar surface area (TPSA) is 78.4 Å². The van der Waals surface area contributed by atoms with E-state index in [0.29, 0.717) is 30.7 Å². The van der Waals surface area contributed by atoms with Crippen LogP contribution in [0.2, 0.25) is 0 Å². The van der Waals surface area contributed by atoms with Crippen molar-refractivity contribution in [2.24, 2.45) is 0 Å². The molecule has 0 atom stereocenters. The van der Waals surface area contributed by atoms with Crippen molar-refractivity contribution in [3.05, 3.63) is 34.2 Å². The third kappa shape index (κ3) is 2.83. The first-order valence-electron chi connectivity index (χ1n) is 8.90. The van der Waals surface area contributed by atoms with Crippen LogP contribution in [0.25, 0.3) is 11.0 Å². The quantitative estimate of drug-likeness (QED) is 0.915. The maximum atomic E-state index is 12.8. The first-order chi connectivity index (χ1) is 12.1. The van der Waals surface area contributed by atoms with Gasteiger partial charge in [-0.1, -0.05) is 0 Å². The molecule has 2 aliphatic rings. The molecule has 4 rings (SSSR count). The Balaban J connectivity index is 1.61. The van der Waals surface area contributed by atoms with Gasteiger partial charge in [-0.15, -0.1) is 0 Å².